The molecule has 19 heavy (non-hydrogen) atoms. The highest BCUT2D eigenvalue weighted by atomic mass is 32.2. The fourth-order valence-corrected chi connectivity index (χ4v) is 3.36. The fourth-order valence-electron chi connectivity index (χ4n) is 1.83. The second kappa shape index (κ2) is 5.60. The molecule has 2 rings (SSSR count). The number of rotatable bonds is 7. The summed E-state index contributed by atoms with van der Waals surface area (Å²) < 4.78 is 26.4. The molecule has 108 valence electrons. The van der Waals surface area contributed by atoms with Crippen molar-refractivity contribution in [2.45, 2.75) is 56.8 Å². The lowest BCUT2D eigenvalue weighted by molar-refractivity contribution is 0.378. The average Bonchev–Trinajstić information content (AvgIpc) is 3.10. The summed E-state index contributed by atoms with van der Waals surface area (Å²) in [5.74, 6) is 0. The number of sulfonamides is 1. The number of hydrogen-bond donors (Lipinski definition) is 2. The first kappa shape index (κ1) is 14.5. The van der Waals surface area contributed by atoms with Crippen LogP contribution in [0.3, 0.4) is 0 Å². The summed E-state index contributed by atoms with van der Waals surface area (Å²) in [7, 11) is -1.88. The summed E-state index contributed by atoms with van der Waals surface area (Å²) in [5, 5.41) is 10.0. The molecule has 0 saturated heterocycles. The maximum absolute atomic E-state index is 12.5. The largest absolute Gasteiger partial charge is 0.310 e. The van der Waals surface area contributed by atoms with Gasteiger partial charge in [0.2, 0.25) is 0 Å². The minimum absolute atomic E-state index is 0.0301. The van der Waals surface area contributed by atoms with Crippen LogP contribution < -0.4 is 5.32 Å². The van der Waals surface area contributed by atoms with E-state index in [4.69, 9.17) is 0 Å². The van der Waals surface area contributed by atoms with Gasteiger partial charge in [-0.25, -0.2) is 8.42 Å². The lowest BCUT2D eigenvalue weighted by atomic mass is 10.3. The van der Waals surface area contributed by atoms with E-state index in [1.165, 1.54) is 17.1 Å². The summed E-state index contributed by atoms with van der Waals surface area (Å²) in [4.78, 5) is 0. The molecule has 0 radical (unpaired) electrons. The van der Waals surface area contributed by atoms with Crippen LogP contribution in [0.1, 0.15) is 38.7 Å². The van der Waals surface area contributed by atoms with Gasteiger partial charge in [-0.2, -0.15) is 9.40 Å². The zero-order valence-electron chi connectivity index (χ0n) is 11.7. The molecule has 1 aromatic heterocycles. The molecule has 1 aliphatic carbocycles. The third-order valence-corrected chi connectivity index (χ3v) is 5.67. The van der Waals surface area contributed by atoms with Gasteiger partial charge >= 0.3 is 0 Å². The topological polar surface area (TPSA) is 78.1 Å². The molecule has 0 aromatic carbocycles. The van der Waals surface area contributed by atoms with Crippen LogP contribution in [0.5, 0.6) is 0 Å². The van der Waals surface area contributed by atoms with E-state index in [9.17, 15) is 8.42 Å². The van der Waals surface area contributed by atoms with Gasteiger partial charge in [-0.1, -0.05) is 6.92 Å². The van der Waals surface area contributed by atoms with Gasteiger partial charge in [-0.15, -0.1) is 0 Å². The van der Waals surface area contributed by atoms with Crippen LogP contribution in [-0.4, -0.2) is 42.1 Å². The molecular formula is C12H22N4O2S. The monoisotopic (exact) mass is 286 g/mol. The Kier molecular flexibility index (Phi) is 4.27. The van der Waals surface area contributed by atoms with Gasteiger partial charge in [0.15, 0.2) is 5.03 Å². The van der Waals surface area contributed by atoms with Crippen molar-refractivity contribution in [1.29, 1.82) is 0 Å². The van der Waals surface area contributed by atoms with E-state index in [0.29, 0.717) is 18.2 Å². The highest BCUT2D eigenvalue weighted by Gasteiger charge is 2.29. The maximum atomic E-state index is 12.5. The average molecular weight is 286 g/mol. The van der Waals surface area contributed by atoms with Crippen molar-refractivity contribution in [1.82, 2.24) is 19.8 Å². The van der Waals surface area contributed by atoms with E-state index in [2.05, 4.69) is 15.5 Å². The van der Waals surface area contributed by atoms with Crippen molar-refractivity contribution in [3.8, 4) is 0 Å². The molecule has 1 saturated carbocycles. The van der Waals surface area contributed by atoms with Crippen LogP contribution in [0.2, 0.25) is 0 Å². The van der Waals surface area contributed by atoms with Crippen molar-refractivity contribution in [3.05, 3.63) is 11.8 Å². The Bertz CT molecular complexity index is 522. The summed E-state index contributed by atoms with van der Waals surface area (Å²) in [6.45, 7) is 4.42. The predicted molar refractivity (Wildman–Crippen MR) is 73.2 cm³/mol. The second-order valence-electron chi connectivity index (χ2n) is 5.16. The molecule has 1 aliphatic rings. The number of nitrogens with one attached hydrogen (secondary N) is 2. The Morgan fingerprint density at radius 3 is 2.84 bits per heavy atom. The standard InChI is InChI=1S/C12H22N4O2S/c1-4-9(2)16(3)19(17,18)12-10(8-14-15-12)7-13-11-5-6-11/h8-9,11,13H,4-7H2,1-3H3,(H,14,15). The van der Waals surface area contributed by atoms with Crippen molar-refractivity contribution in [3.63, 3.8) is 0 Å². The first-order valence-corrected chi connectivity index (χ1v) is 8.14. The fraction of sp³-hybridized carbons (Fsp3) is 0.750. The molecule has 0 bridgehead atoms. The summed E-state index contributed by atoms with van der Waals surface area (Å²) >= 11 is 0. The van der Waals surface area contributed by atoms with Gasteiger partial charge in [0.05, 0.1) is 6.20 Å². The van der Waals surface area contributed by atoms with Crippen LogP contribution in [0.4, 0.5) is 0 Å². The first-order valence-electron chi connectivity index (χ1n) is 6.70. The highest BCUT2D eigenvalue weighted by molar-refractivity contribution is 7.89. The zero-order chi connectivity index (χ0) is 14.0. The second-order valence-corrected chi connectivity index (χ2v) is 7.09. The molecule has 0 amide bonds. The molecule has 6 nitrogen and oxygen atoms in total. The van der Waals surface area contributed by atoms with Gasteiger partial charge < -0.3 is 5.32 Å². The molecule has 1 unspecified atom stereocenters. The lowest BCUT2D eigenvalue weighted by Crippen LogP contribution is -2.35. The van der Waals surface area contributed by atoms with E-state index in [1.807, 2.05) is 13.8 Å². The molecule has 1 atom stereocenters. The zero-order valence-corrected chi connectivity index (χ0v) is 12.5. The molecule has 0 spiro atoms. The molecule has 1 aromatic rings. The highest BCUT2D eigenvalue weighted by Crippen LogP contribution is 2.22. The van der Waals surface area contributed by atoms with Crippen molar-refractivity contribution in [2.24, 2.45) is 0 Å². The normalized spacial score (nSPS) is 17.9. The van der Waals surface area contributed by atoms with Gasteiger partial charge in [-0.3, -0.25) is 5.10 Å². The van der Waals surface area contributed by atoms with Gasteiger partial charge in [-0.05, 0) is 26.2 Å². The number of aromatic amines is 1. The Balaban J connectivity index is 2.17. The number of nitrogens with zero attached hydrogens (tertiary/aromatic N) is 2. The van der Waals surface area contributed by atoms with Crippen molar-refractivity contribution >= 4 is 10.0 Å². The van der Waals surface area contributed by atoms with E-state index < -0.39 is 10.0 Å². The van der Waals surface area contributed by atoms with Gasteiger partial charge in [0, 0.05) is 31.2 Å². The number of H-pyrrole nitrogens is 1. The van der Waals surface area contributed by atoms with E-state index in [1.54, 1.807) is 13.2 Å². The van der Waals surface area contributed by atoms with E-state index >= 15 is 0 Å². The van der Waals surface area contributed by atoms with E-state index in [0.717, 1.165) is 6.42 Å². The van der Waals surface area contributed by atoms with Crippen LogP contribution in [0.15, 0.2) is 11.2 Å². The van der Waals surface area contributed by atoms with Gasteiger partial charge in [0.25, 0.3) is 10.0 Å². The molecule has 1 heterocycles. The maximum Gasteiger partial charge on any atom is 0.260 e. The quantitative estimate of drug-likeness (QED) is 0.786. The van der Waals surface area contributed by atoms with Gasteiger partial charge in [0.1, 0.15) is 0 Å². The number of aromatic nitrogens is 2. The Morgan fingerprint density at radius 1 is 1.58 bits per heavy atom. The predicted octanol–water partition coefficient (Wildman–Crippen LogP) is 1.08. The summed E-state index contributed by atoms with van der Waals surface area (Å²) in [5.41, 5.74) is 0.710. The number of hydrogen-bond acceptors (Lipinski definition) is 4. The Labute approximate surface area is 114 Å². The summed E-state index contributed by atoms with van der Waals surface area (Å²) in [6, 6.07) is 0.510. The molecular weight excluding hydrogens is 264 g/mol. The third-order valence-electron chi connectivity index (χ3n) is 3.69. The van der Waals surface area contributed by atoms with Crippen molar-refractivity contribution < 1.29 is 8.42 Å². The SMILES string of the molecule is CCC(C)N(C)S(=O)(=O)c1[nH]ncc1CNC1CC1. The smallest absolute Gasteiger partial charge is 0.260 e. The van der Waals surface area contributed by atoms with Crippen LogP contribution >= 0.6 is 0 Å². The summed E-state index contributed by atoms with van der Waals surface area (Å²) in [6.07, 6.45) is 4.71. The molecule has 2 N–H and O–H groups in total. The van der Waals surface area contributed by atoms with Crippen LogP contribution in [-0.2, 0) is 16.6 Å². The van der Waals surface area contributed by atoms with Crippen molar-refractivity contribution in [2.75, 3.05) is 7.05 Å². The molecule has 0 aliphatic heterocycles. The van der Waals surface area contributed by atoms with Crippen LogP contribution in [0.25, 0.3) is 0 Å². The lowest BCUT2D eigenvalue weighted by Gasteiger charge is -2.22. The molecule has 1 fully saturated rings. The third kappa shape index (κ3) is 3.16. The Hall–Kier alpha value is -0.920. The molecule has 7 heteroatoms. The van der Waals surface area contributed by atoms with Crippen LogP contribution in [0, 0.1) is 0 Å². The minimum Gasteiger partial charge on any atom is -0.310 e. The Morgan fingerprint density at radius 2 is 2.26 bits per heavy atom. The minimum atomic E-state index is -3.49. The first-order chi connectivity index (χ1) is 8.96. The van der Waals surface area contributed by atoms with E-state index in [-0.39, 0.29) is 11.1 Å².